The minimum absolute atomic E-state index is 0.108. The first-order chi connectivity index (χ1) is 4.83. The molecular formula is C7H11FN2. The lowest BCUT2D eigenvalue weighted by Crippen LogP contribution is -2.35. The van der Waals surface area contributed by atoms with Crippen LogP contribution in [0.15, 0.2) is 24.1 Å². The zero-order valence-corrected chi connectivity index (χ0v) is 5.97. The Morgan fingerprint density at radius 2 is 2.50 bits per heavy atom. The predicted molar refractivity (Wildman–Crippen MR) is 39.0 cm³/mol. The fourth-order valence-electron chi connectivity index (χ4n) is 0.830. The second kappa shape index (κ2) is 3.49. The average molecular weight is 142 g/mol. The van der Waals surface area contributed by atoms with Crippen LogP contribution in [0, 0.1) is 0 Å². The molecule has 0 saturated carbocycles. The molecule has 0 aromatic carbocycles. The average Bonchev–Trinajstić information content (AvgIpc) is 2.13. The van der Waals surface area contributed by atoms with E-state index in [4.69, 9.17) is 0 Å². The molecule has 0 radical (unpaired) electrons. The zero-order chi connectivity index (χ0) is 7.40. The third kappa shape index (κ3) is 1.93. The third-order valence-electron chi connectivity index (χ3n) is 1.40. The Hall–Kier alpha value is -0.670. The highest BCUT2D eigenvalue weighted by atomic mass is 19.1. The van der Waals surface area contributed by atoms with Crippen LogP contribution in [0.4, 0.5) is 4.39 Å². The molecule has 1 aliphatic heterocycles. The summed E-state index contributed by atoms with van der Waals surface area (Å²) in [5.41, 5.74) is 2.88. The van der Waals surface area contributed by atoms with Crippen LogP contribution in [0.3, 0.4) is 0 Å². The Labute approximate surface area is 60.0 Å². The van der Waals surface area contributed by atoms with E-state index in [1.54, 1.807) is 18.1 Å². The van der Waals surface area contributed by atoms with E-state index < -0.39 is 0 Å². The predicted octanol–water partition coefficient (Wildman–Crippen LogP) is 0.846. The smallest absolute Gasteiger partial charge is 0.115 e. The van der Waals surface area contributed by atoms with E-state index in [1.807, 2.05) is 6.08 Å². The SMILES string of the molecule is CNN1CC=CC=C(F)C1. The van der Waals surface area contributed by atoms with E-state index in [1.165, 1.54) is 6.08 Å². The fourth-order valence-corrected chi connectivity index (χ4v) is 0.830. The van der Waals surface area contributed by atoms with Gasteiger partial charge in [-0.25, -0.2) is 9.40 Å². The third-order valence-corrected chi connectivity index (χ3v) is 1.40. The largest absolute Gasteiger partial charge is 0.258 e. The Balaban J connectivity index is 2.53. The summed E-state index contributed by atoms with van der Waals surface area (Å²) in [5, 5.41) is 1.79. The van der Waals surface area contributed by atoms with Crippen molar-refractivity contribution in [3.8, 4) is 0 Å². The summed E-state index contributed by atoms with van der Waals surface area (Å²) >= 11 is 0. The Morgan fingerprint density at radius 1 is 1.70 bits per heavy atom. The van der Waals surface area contributed by atoms with Gasteiger partial charge in [-0.3, -0.25) is 5.43 Å². The molecule has 10 heavy (non-hydrogen) atoms. The number of hydrogen-bond donors (Lipinski definition) is 1. The minimum Gasteiger partial charge on any atom is -0.258 e. The summed E-state index contributed by atoms with van der Waals surface area (Å²) in [6, 6.07) is 0. The van der Waals surface area contributed by atoms with Gasteiger partial charge in [-0.15, -0.1) is 0 Å². The summed E-state index contributed by atoms with van der Waals surface area (Å²) in [6.07, 6.45) is 5.12. The van der Waals surface area contributed by atoms with E-state index in [9.17, 15) is 4.39 Å². The molecule has 1 rings (SSSR count). The van der Waals surface area contributed by atoms with E-state index >= 15 is 0 Å². The van der Waals surface area contributed by atoms with Gasteiger partial charge in [0.05, 0.1) is 6.54 Å². The number of allylic oxidation sites excluding steroid dienone is 2. The van der Waals surface area contributed by atoms with Crippen LogP contribution in [0.5, 0.6) is 0 Å². The van der Waals surface area contributed by atoms with Gasteiger partial charge >= 0.3 is 0 Å². The number of rotatable bonds is 1. The topological polar surface area (TPSA) is 15.3 Å². The van der Waals surface area contributed by atoms with Crippen molar-refractivity contribution in [1.82, 2.24) is 10.4 Å². The molecule has 56 valence electrons. The lowest BCUT2D eigenvalue weighted by atomic mass is 10.4. The first kappa shape index (κ1) is 7.44. The molecule has 0 fully saturated rings. The van der Waals surface area contributed by atoms with Gasteiger partial charge in [0, 0.05) is 6.54 Å². The summed E-state index contributed by atoms with van der Waals surface area (Å²) < 4.78 is 12.6. The van der Waals surface area contributed by atoms with E-state index in [0.29, 0.717) is 6.54 Å². The maximum Gasteiger partial charge on any atom is 0.115 e. The highest BCUT2D eigenvalue weighted by Crippen LogP contribution is 2.02. The maximum atomic E-state index is 12.6. The van der Waals surface area contributed by atoms with Gasteiger partial charge in [-0.05, 0) is 13.1 Å². The van der Waals surface area contributed by atoms with E-state index in [-0.39, 0.29) is 5.83 Å². The van der Waals surface area contributed by atoms with Crippen molar-refractivity contribution in [2.45, 2.75) is 0 Å². The van der Waals surface area contributed by atoms with Crippen molar-refractivity contribution in [3.05, 3.63) is 24.1 Å². The summed E-state index contributed by atoms with van der Waals surface area (Å²) in [5.74, 6) is -0.108. The van der Waals surface area contributed by atoms with E-state index in [2.05, 4.69) is 5.43 Å². The molecule has 0 bridgehead atoms. The molecule has 0 aromatic rings. The molecule has 0 saturated heterocycles. The van der Waals surface area contributed by atoms with Crippen molar-refractivity contribution in [1.29, 1.82) is 0 Å². The molecule has 0 spiro atoms. The van der Waals surface area contributed by atoms with Crippen LogP contribution in [0.1, 0.15) is 0 Å². The summed E-state index contributed by atoms with van der Waals surface area (Å²) in [6.45, 7) is 1.10. The number of nitrogens with zero attached hydrogens (tertiary/aromatic N) is 1. The van der Waals surface area contributed by atoms with Gasteiger partial charge in [-0.1, -0.05) is 12.2 Å². The van der Waals surface area contributed by atoms with Crippen molar-refractivity contribution < 1.29 is 4.39 Å². The quantitative estimate of drug-likeness (QED) is 0.583. The van der Waals surface area contributed by atoms with Crippen LogP contribution < -0.4 is 5.43 Å². The van der Waals surface area contributed by atoms with Gasteiger partial charge in [0.1, 0.15) is 5.83 Å². The van der Waals surface area contributed by atoms with Gasteiger partial charge in [0.25, 0.3) is 0 Å². The molecule has 0 atom stereocenters. The standard InChI is InChI=1S/C7H11FN2/c1-9-10-5-3-2-4-7(8)6-10/h2-4,9H,5-6H2,1H3. The molecule has 1 aliphatic rings. The van der Waals surface area contributed by atoms with Crippen LogP contribution in [-0.2, 0) is 0 Å². The van der Waals surface area contributed by atoms with Crippen molar-refractivity contribution in [2.24, 2.45) is 0 Å². The van der Waals surface area contributed by atoms with Crippen LogP contribution in [0.25, 0.3) is 0 Å². The first-order valence-corrected chi connectivity index (χ1v) is 3.26. The van der Waals surface area contributed by atoms with Crippen molar-refractivity contribution in [2.75, 3.05) is 20.1 Å². The van der Waals surface area contributed by atoms with Gasteiger partial charge in [-0.2, -0.15) is 0 Å². The second-order valence-electron chi connectivity index (χ2n) is 2.15. The van der Waals surface area contributed by atoms with E-state index in [0.717, 1.165) is 6.54 Å². The van der Waals surface area contributed by atoms with Crippen LogP contribution >= 0.6 is 0 Å². The zero-order valence-electron chi connectivity index (χ0n) is 5.97. The van der Waals surface area contributed by atoms with Crippen LogP contribution in [0.2, 0.25) is 0 Å². The van der Waals surface area contributed by atoms with Gasteiger partial charge < -0.3 is 0 Å². The second-order valence-corrected chi connectivity index (χ2v) is 2.15. The lowest BCUT2D eigenvalue weighted by Gasteiger charge is -2.16. The van der Waals surface area contributed by atoms with Crippen molar-refractivity contribution in [3.63, 3.8) is 0 Å². The number of nitrogens with one attached hydrogen (secondary N) is 1. The highest BCUT2D eigenvalue weighted by Gasteiger charge is 2.04. The molecule has 1 heterocycles. The van der Waals surface area contributed by atoms with Crippen LogP contribution in [-0.4, -0.2) is 25.1 Å². The lowest BCUT2D eigenvalue weighted by molar-refractivity contribution is 0.239. The Bertz CT molecular complexity index is 163. The molecule has 1 N–H and O–H groups in total. The highest BCUT2D eigenvalue weighted by molar-refractivity contribution is 5.11. The first-order valence-electron chi connectivity index (χ1n) is 3.26. The Morgan fingerprint density at radius 3 is 3.20 bits per heavy atom. The Kier molecular flexibility index (Phi) is 2.59. The molecule has 0 aliphatic carbocycles. The minimum atomic E-state index is -0.108. The molecule has 0 aromatic heterocycles. The van der Waals surface area contributed by atoms with Gasteiger partial charge in [0.15, 0.2) is 0 Å². The molecule has 0 unspecified atom stereocenters. The fraction of sp³-hybridized carbons (Fsp3) is 0.429. The molecule has 0 amide bonds. The van der Waals surface area contributed by atoms with Gasteiger partial charge in [0.2, 0.25) is 0 Å². The molecule has 3 heteroatoms. The molecule has 2 nitrogen and oxygen atoms in total. The van der Waals surface area contributed by atoms with Crippen molar-refractivity contribution >= 4 is 0 Å². The number of halogens is 1. The summed E-state index contributed by atoms with van der Waals surface area (Å²) in [4.78, 5) is 0. The number of hydrogen-bond acceptors (Lipinski definition) is 2. The maximum absolute atomic E-state index is 12.6. The normalized spacial score (nSPS) is 20.4. The monoisotopic (exact) mass is 142 g/mol. The molecular weight excluding hydrogens is 131 g/mol. The summed E-state index contributed by atoms with van der Waals surface area (Å²) in [7, 11) is 1.78. The number of hydrazine groups is 1.